The molecule has 148 valence electrons. The maximum atomic E-state index is 12.5. The molecule has 2 heterocycles. The highest BCUT2D eigenvalue weighted by molar-refractivity contribution is 6.02. The number of hydrogen-bond donors (Lipinski definition) is 1. The molecule has 0 unspecified atom stereocenters. The van der Waals surface area contributed by atoms with Crippen LogP contribution in [0.2, 0.25) is 0 Å². The summed E-state index contributed by atoms with van der Waals surface area (Å²) in [5, 5.41) is 2.89. The zero-order valence-corrected chi connectivity index (χ0v) is 17.1. The lowest BCUT2D eigenvalue weighted by Crippen LogP contribution is -2.31. The fraction of sp³-hybridized carbons (Fsp3) is 0.292. The van der Waals surface area contributed by atoms with Gasteiger partial charge in [0.25, 0.3) is 5.91 Å². The second kappa shape index (κ2) is 7.66. The van der Waals surface area contributed by atoms with E-state index in [2.05, 4.69) is 65.2 Å². The molecule has 0 saturated heterocycles. The van der Waals surface area contributed by atoms with E-state index in [4.69, 9.17) is 0 Å². The standard InChI is InChI=1S/C24H26N4O/c1-24(2,3)19-8-10-20(11-9-19)27-23(29)21-14-26-22(15-25-21)28-13-12-17-6-4-5-7-18(17)16-28/h4-11,14-15H,12-13,16H2,1-3H3,(H,27,29). The smallest absolute Gasteiger partial charge is 0.275 e. The molecule has 2 aromatic carbocycles. The molecular formula is C24H26N4O. The zero-order chi connectivity index (χ0) is 20.4. The third-order valence-corrected chi connectivity index (χ3v) is 5.33. The number of anilines is 2. The van der Waals surface area contributed by atoms with Gasteiger partial charge in [-0.3, -0.25) is 4.79 Å². The normalized spacial score (nSPS) is 13.7. The number of amides is 1. The van der Waals surface area contributed by atoms with E-state index in [0.717, 1.165) is 31.0 Å². The van der Waals surface area contributed by atoms with Gasteiger partial charge in [-0.15, -0.1) is 0 Å². The van der Waals surface area contributed by atoms with Gasteiger partial charge in [0.15, 0.2) is 0 Å². The molecule has 1 aliphatic rings. The van der Waals surface area contributed by atoms with Crippen LogP contribution in [0.15, 0.2) is 60.9 Å². The van der Waals surface area contributed by atoms with Crippen LogP contribution in [-0.4, -0.2) is 22.4 Å². The largest absolute Gasteiger partial charge is 0.351 e. The topological polar surface area (TPSA) is 58.1 Å². The Morgan fingerprint density at radius 2 is 1.69 bits per heavy atom. The Kier molecular flexibility index (Phi) is 5.05. The van der Waals surface area contributed by atoms with E-state index in [1.165, 1.54) is 16.7 Å². The quantitative estimate of drug-likeness (QED) is 0.715. The maximum absolute atomic E-state index is 12.5. The van der Waals surface area contributed by atoms with Crippen molar-refractivity contribution < 1.29 is 4.79 Å². The van der Waals surface area contributed by atoms with Gasteiger partial charge in [0, 0.05) is 18.8 Å². The van der Waals surface area contributed by atoms with Crippen LogP contribution in [0, 0.1) is 0 Å². The first-order chi connectivity index (χ1) is 13.9. The highest BCUT2D eigenvalue weighted by Crippen LogP contribution is 2.24. The van der Waals surface area contributed by atoms with Crippen molar-refractivity contribution in [3.8, 4) is 0 Å². The summed E-state index contributed by atoms with van der Waals surface area (Å²) >= 11 is 0. The monoisotopic (exact) mass is 386 g/mol. The molecule has 0 bridgehead atoms. The number of benzene rings is 2. The third-order valence-electron chi connectivity index (χ3n) is 5.33. The van der Waals surface area contributed by atoms with Crippen molar-refractivity contribution in [1.29, 1.82) is 0 Å². The lowest BCUT2D eigenvalue weighted by Gasteiger charge is -2.29. The molecule has 0 saturated carbocycles. The molecule has 0 fully saturated rings. The van der Waals surface area contributed by atoms with Crippen molar-refractivity contribution in [3.63, 3.8) is 0 Å². The van der Waals surface area contributed by atoms with Gasteiger partial charge in [0.05, 0.1) is 12.4 Å². The summed E-state index contributed by atoms with van der Waals surface area (Å²) < 4.78 is 0. The SMILES string of the molecule is CC(C)(C)c1ccc(NC(=O)c2cnc(N3CCc4ccccc4C3)cn2)cc1. The Bertz CT molecular complexity index is 1000. The van der Waals surface area contributed by atoms with Gasteiger partial charge in [0.1, 0.15) is 11.5 Å². The molecule has 0 aliphatic carbocycles. The number of hydrogen-bond acceptors (Lipinski definition) is 4. The van der Waals surface area contributed by atoms with Crippen LogP contribution in [0.1, 0.15) is 48.0 Å². The van der Waals surface area contributed by atoms with E-state index in [-0.39, 0.29) is 11.3 Å². The number of carbonyl (C=O) groups excluding carboxylic acids is 1. The Morgan fingerprint density at radius 3 is 2.34 bits per heavy atom. The Morgan fingerprint density at radius 1 is 0.966 bits per heavy atom. The summed E-state index contributed by atoms with van der Waals surface area (Å²) in [6.07, 6.45) is 4.23. The molecule has 29 heavy (non-hydrogen) atoms. The average molecular weight is 386 g/mol. The number of carbonyl (C=O) groups is 1. The maximum Gasteiger partial charge on any atom is 0.275 e. The molecule has 0 atom stereocenters. The van der Waals surface area contributed by atoms with Gasteiger partial charge >= 0.3 is 0 Å². The molecular weight excluding hydrogens is 360 g/mol. The number of nitrogens with zero attached hydrogens (tertiary/aromatic N) is 3. The second-order valence-electron chi connectivity index (χ2n) is 8.48. The van der Waals surface area contributed by atoms with Gasteiger partial charge < -0.3 is 10.2 Å². The average Bonchev–Trinajstić information content (AvgIpc) is 2.73. The summed E-state index contributed by atoms with van der Waals surface area (Å²) in [4.78, 5) is 23.6. The molecule has 1 amide bonds. The van der Waals surface area contributed by atoms with Crippen molar-refractivity contribution in [1.82, 2.24) is 9.97 Å². The minimum absolute atomic E-state index is 0.0822. The molecule has 5 nitrogen and oxygen atoms in total. The molecule has 0 radical (unpaired) electrons. The van der Waals surface area contributed by atoms with Crippen LogP contribution in [0.25, 0.3) is 0 Å². The van der Waals surface area contributed by atoms with Gasteiger partial charge in [0.2, 0.25) is 0 Å². The Hall–Kier alpha value is -3.21. The number of rotatable bonds is 3. The van der Waals surface area contributed by atoms with E-state index >= 15 is 0 Å². The molecule has 4 rings (SSSR count). The first kappa shape index (κ1) is 19.1. The van der Waals surface area contributed by atoms with Crippen LogP contribution < -0.4 is 10.2 Å². The van der Waals surface area contributed by atoms with Crippen LogP contribution in [0.4, 0.5) is 11.5 Å². The van der Waals surface area contributed by atoms with Gasteiger partial charge in [-0.2, -0.15) is 0 Å². The van der Waals surface area contributed by atoms with Gasteiger partial charge in [-0.1, -0.05) is 57.2 Å². The summed E-state index contributed by atoms with van der Waals surface area (Å²) in [6.45, 7) is 8.21. The van der Waals surface area contributed by atoms with Crippen LogP contribution >= 0.6 is 0 Å². The minimum atomic E-state index is -0.253. The lowest BCUT2D eigenvalue weighted by molar-refractivity contribution is 0.102. The van der Waals surface area contributed by atoms with Crippen molar-refractivity contribution in [3.05, 3.63) is 83.3 Å². The minimum Gasteiger partial charge on any atom is -0.351 e. The van der Waals surface area contributed by atoms with Gasteiger partial charge in [-0.25, -0.2) is 9.97 Å². The van der Waals surface area contributed by atoms with E-state index in [9.17, 15) is 4.79 Å². The molecule has 0 spiro atoms. The first-order valence-electron chi connectivity index (χ1n) is 9.96. The zero-order valence-electron chi connectivity index (χ0n) is 17.1. The van der Waals surface area contributed by atoms with Crippen LogP contribution in [0.3, 0.4) is 0 Å². The lowest BCUT2D eigenvalue weighted by atomic mass is 9.87. The van der Waals surface area contributed by atoms with Crippen molar-refractivity contribution in [2.45, 2.75) is 39.2 Å². The van der Waals surface area contributed by atoms with Crippen molar-refractivity contribution in [2.75, 3.05) is 16.8 Å². The second-order valence-corrected chi connectivity index (χ2v) is 8.48. The molecule has 3 aromatic rings. The van der Waals surface area contributed by atoms with Crippen molar-refractivity contribution in [2.24, 2.45) is 0 Å². The highest BCUT2D eigenvalue weighted by Gasteiger charge is 2.18. The molecule has 1 aromatic heterocycles. The number of nitrogens with one attached hydrogen (secondary N) is 1. The summed E-state index contributed by atoms with van der Waals surface area (Å²) in [6, 6.07) is 16.4. The van der Waals surface area contributed by atoms with E-state index in [1.54, 1.807) is 12.4 Å². The van der Waals surface area contributed by atoms with Crippen LogP contribution in [0.5, 0.6) is 0 Å². The van der Waals surface area contributed by atoms with Crippen LogP contribution in [-0.2, 0) is 18.4 Å². The number of aromatic nitrogens is 2. The van der Waals surface area contributed by atoms with E-state index in [1.807, 2.05) is 24.3 Å². The Labute approximate surface area is 171 Å². The van der Waals surface area contributed by atoms with Gasteiger partial charge in [-0.05, 0) is 40.7 Å². The number of fused-ring (bicyclic) bond motifs is 1. The summed E-state index contributed by atoms with van der Waals surface area (Å²) in [7, 11) is 0. The molecule has 5 heteroatoms. The fourth-order valence-electron chi connectivity index (χ4n) is 3.54. The van der Waals surface area contributed by atoms with E-state index < -0.39 is 0 Å². The van der Waals surface area contributed by atoms with Crippen molar-refractivity contribution >= 4 is 17.4 Å². The fourth-order valence-corrected chi connectivity index (χ4v) is 3.54. The third kappa shape index (κ3) is 4.29. The predicted molar refractivity (Wildman–Crippen MR) is 116 cm³/mol. The molecule has 1 aliphatic heterocycles. The highest BCUT2D eigenvalue weighted by atomic mass is 16.1. The van der Waals surface area contributed by atoms with E-state index in [0.29, 0.717) is 5.69 Å². The first-order valence-corrected chi connectivity index (χ1v) is 9.96. The molecule has 1 N–H and O–H groups in total. The Balaban J connectivity index is 1.42. The predicted octanol–water partition coefficient (Wildman–Crippen LogP) is 4.59. The summed E-state index contributed by atoms with van der Waals surface area (Å²) in [5.74, 6) is 0.544. The summed E-state index contributed by atoms with van der Waals surface area (Å²) in [5.41, 5.74) is 5.08.